The zero-order valence-electron chi connectivity index (χ0n) is 11.1. The number of ether oxygens (including phenoxy) is 2. The van der Waals surface area contributed by atoms with Crippen molar-refractivity contribution in [2.75, 3.05) is 20.0 Å². The predicted octanol–water partition coefficient (Wildman–Crippen LogP) is 1.46. The minimum Gasteiger partial charge on any atom is -0.428 e. The lowest BCUT2D eigenvalue weighted by Crippen LogP contribution is -2.28. The van der Waals surface area contributed by atoms with Gasteiger partial charge in [0, 0.05) is 19.6 Å². The highest BCUT2D eigenvalue weighted by Crippen LogP contribution is 2.43. The Morgan fingerprint density at radius 3 is 2.42 bits per heavy atom. The lowest BCUT2D eigenvalue weighted by atomic mass is 10.2. The first-order valence-electron chi connectivity index (χ1n) is 5.66. The molecule has 0 aliphatic carbocycles. The van der Waals surface area contributed by atoms with Crippen LogP contribution in [-0.4, -0.2) is 42.9 Å². The molecule has 9 heteroatoms. The number of rotatable bonds is 7. The van der Waals surface area contributed by atoms with Crippen molar-refractivity contribution in [1.29, 1.82) is 0 Å². The lowest BCUT2D eigenvalue weighted by Gasteiger charge is -2.12. The average molecular weight is 299 g/mol. The largest absolute Gasteiger partial charge is 0.428 e. The van der Waals surface area contributed by atoms with E-state index in [4.69, 9.17) is 4.89 Å². The van der Waals surface area contributed by atoms with Gasteiger partial charge in [0.05, 0.1) is 5.92 Å². The maximum Gasteiger partial charge on any atom is 0.410 e. The Kier molecular flexibility index (Phi) is 7.63. The van der Waals surface area contributed by atoms with Gasteiger partial charge < -0.3 is 19.7 Å². The van der Waals surface area contributed by atoms with Gasteiger partial charge in [0.2, 0.25) is 14.2 Å². The summed E-state index contributed by atoms with van der Waals surface area (Å²) in [6.07, 6.45) is -1.20. The van der Waals surface area contributed by atoms with Crippen LogP contribution in [0.4, 0.5) is 9.18 Å². The van der Waals surface area contributed by atoms with Crippen LogP contribution in [0.2, 0.25) is 0 Å². The zero-order chi connectivity index (χ0) is 15.1. The monoisotopic (exact) mass is 299 g/mol. The van der Waals surface area contributed by atoms with Gasteiger partial charge in [-0.3, -0.25) is 9.36 Å². The molecule has 0 aromatic carbocycles. The third kappa shape index (κ3) is 8.56. The first-order chi connectivity index (χ1) is 8.64. The van der Waals surface area contributed by atoms with Crippen molar-refractivity contribution >= 4 is 19.4 Å². The number of hydrogen-bond acceptors (Lipinski definition) is 5. The van der Waals surface area contributed by atoms with Gasteiger partial charge in [-0.25, -0.2) is 9.18 Å². The van der Waals surface area contributed by atoms with Crippen molar-refractivity contribution in [3.63, 3.8) is 0 Å². The minimum atomic E-state index is -3.79. The molecular formula is C10H19FNO6P. The van der Waals surface area contributed by atoms with Crippen LogP contribution in [0, 0.1) is 5.92 Å². The highest BCUT2D eigenvalue weighted by molar-refractivity contribution is 7.57. The molecule has 0 fully saturated rings. The van der Waals surface area contributed by atoms with Crippen LogP contribution in [0.15, 0.2) is 0 Å². The lowest BCUT2D eigenvalue weighted by molar-refractivity contribution is -0.155. The number of hydrogen-bond donors (Lipinski definition) is 2. The van der Waals surface area contributed by atoms with E-state index in [9.17, 15) is 18.5 Å². The Bertz CT molecular complexity index is 356. The molecule has 2 atom stereocenters. The summed E-state index contributed by atoms with van der Waals surface area (Å²) in [5.41, 5.74) is 0. The summed E-state index contributed by atoms with van der Waals surface area (Å²) in [7, 11) is -3.79. The fourth-order valence-corrected chi connectivity index (χ4v) is 1.50. The van der Waals surface area contributed by atoms with E-state index in [0.717, 1.165) is 6.66 Å². The number of carbonyl (C=O) groups excluding carboxylic acids is 2. The molecule has 0 aliphatic heterocycles. The summed E-state index contributed by atoms with van der Waals surface area (Å²) < 4.78 is 33.0. The number of carbonyl (C=O) groups is 2. The molecule has 0 spiro atoms. The second-order valence-electron chi connectivity index (χ2n) is 4.26. The number of nitrogens with one attached hydrogen (secondary N) is 1. The van der Waals surface area contributed by atoms with Crippen LogP contribution in [0.25, 0.3) is 0 Å². The van der Waals surface area contributed by atoms with Gasteiger partial charge in [0.15, 0.2) is 5.91 Å². The van der Waals surface area contributed by atoms with Gasteiger partial charge in [-0.2, -0.15) is 0 Å². The van der Waals surface area contributed by atoms with E-state index in [1.165, 1.54) is 0 Å². The molecule has 0 saturated carbocycles. The van der Waals surface area contributed by atoms with E-state index in [1.807, 2.05) is 0 Å². The molecule has 0 aromatic heterocycles. The molecule has 19 heavy (non-hydrogen) atoms. The van der Waals surface area contributed by atoms with Crippen molar-refractivity contribution in [2.24, 2.45) is 5.92 Å². The topological polar surface area (TPSA) is 102 Å². The number of alkyl halides is 1. The molecule has 0 bridgehead atoms. The smallest absolute Gasteiger partial charge is 0.410 e. The molecule has 2 unspecified atom stereocenters. The zero-order valence-corrected chi connectivity index (χ0v) is 12.0. The molecule has 7 nitrogen and oxygen atoms in total. The molecule has 0 radical (unpaired) electrons. The maximum atomic E-state index is 13.0. The van der Waals surface area contributed by atoms with Crippen molar-refractivity contribution in [2.45, 2.75) is 26.2 Å². The first kappa shape index (κ1) is 17.9. The Hall–Kier alpha value is -1.14. The minimum absolute atomic E-state index is 0.156. The van der Waals surface area contributed by atoms with Crippen LogP contribution < -0.4 is 5.32 Å². The summed E-state index contributed by atoms with van der Waals surface area (Å²) in [6.45, 7) is 3.47. The molecule has 0 heterocycles. The van der Waals surface area contributed by atoms with Crippen molar-refractivity contribution in [3.05, 3.63) is 0 Å². The predicted molar refractivity (Wildman–Crippen MR) is 65.5 cm³/mol. The quantitative estimate of drug-likeness (QED) is 0.419. The van der Waals surface area contributed by atoms with E-state index in [2.05, 4.69) is 14.8 Å². The summed E-state index contributed by atoms with van der Waals surface area (Å²) in [4.78, 5) is 30.9. The second-order valence-corrected chi connectivity index (χ2v) is 6.71. The normalized spacial score (nSPS) is 15.5. The van der Waals surface area contributed by atoms with E-state index in [-0.39, 0.29) is 18.9 Å². The van der Waals surface area contributed by atoms with Crippen LogP contribution >= 0.6 is 7.37 Å². The van der Waals surface area contributed by atoms with Crippen molar-refractivity contribution in [3.8, 4) is 0 Å². The number of esters is 1. The van der Waals surface area contributed by atoms with Crippen molar-refractivity contribution in [1.82, 2.24) is 5.32 Å². The van der Waals surface area contributed by atoms with Gasteiger partial charge in [-0.1, -0.05) is 13.8 Å². The average Bonchev–Trinajstić information content (AvgIpc) is 2.27. The molecule has 0 aliphatic rings. The first-order valence-corrected chi connectivity index (χ1v) is 7.83. The summed E-state index contributed by atoms with van der Waals surface area (Å²) >= 11 is 0. The molecule has 0 saturated heterocycles. The van der Waals surface area contributed by atoms with Gasteiger partial charge in [-0.15, -0.1) is 0 Å². The van der Waals surface area contributed by atoms with Crippen molar-refractivity contribution < 1.29 is 32.9 Å². The molecule has 0 rings (SSSR count). The number of halogens is 1. The van der Waals surface area contributed by atoms with Crippen LogP contribution in [0.3, 0.4) is 0 Å². The van der Waals surface area contributed by atoms with Gasteiger partial charge >= 0.3 is 12.1 Å². The fraction of sp³-hybridized carbons (Fsp3) is 0.800. The van der Waals surface area contributed by atoms with Gasteiger partial charge in [0.25, 0.3) is 0 Å². The Labute approximate surface area is 110 Å². The molecule has 2 N–H and O–H groups in total. The number of amides is 1. The molecule has 112 valence electrons. The van der Waals surface area contributed by atoms with Gasteiger partial charge in [-0.05, 0) is 0 Å². The third-order valence-corrected chi connectivity index (χ3v) is 3.33. The van der Waals surface area contributed by atoms with Crippen LogP contribution in [-0.2, 0) is 18.8 Å². The second kappa shape index (κ2) is 8.12. The summed E-state index contributed by atoms with van der Waals surface area (Å²) in [6, 6.07) is 0. The number of alkyl carbamates (subject to hydrolysis) is 1. The Morgan fingerprint density at radius 1 is 1.37 bits per heavy atom. The Morgan fingerprint density at radius 2 is 1.95 bits per heavy atom. The highest BCUT2D eigenvalue weighted by atomic mass is 31.2. The Balaban J connectivity index is 3.72. The maximum absolute atomic E-state index is 13.0. The van der Waals surface area contributed by atoms with E-state index in [0.29, 0.717) is 0 Å². The SMILES string of the molecule is CC(C)C(=O)OCOC(=O)NCCC(F)P(C)(=O)O. The van der Waals surface area contributed by atoms with E-state index >= 15 is 0 Å². The van der Waals surface area contributed by atoms with Gasteiger partial charge in [0.1, 0.15) is 0 Å². The van der Waals surface area contributed by atoms with E-state index < -0.39 is 32.1 Å². The third-order valence-electron chi connectivity index (χ3n) is 2.03. The molecular weight excluding hydrogens is 280 g/mol. The summed E-state index contributed by atoms with van der Waals surface area (Å²) in [5.74, 6) is -2.74. The van der Waals surface area contributed by atoms with Crippen LogP contribution in [0.5, 0.6) is 0 Å². The molecule has 1 amide bonds. The highest BCUT2D eigenvalue weighted by Gasteiger charge is 2.24. The standard InChI is InChI=1S/C10H19FNO6P/c1-7(2)9(13)17-6-18-10(14)12-5-4-8(11)19(3,15)16/h7-8H,4-6H2,1-3H3,(H,12,14)(H,15,16). The molecule has 0 aromatic rings. The fourth-order valence-electron chi connectivity index (χ4n) is 0.892. The van der Waals surface area contributed by atoms with E-state index in [1.54, 1.807) is 13.8 Å². The van der Waals surface area contributed by atoms with Crippen LogP contribution in [0.1, 0.15) is 20.3 Å². The summed E-state index contributed by atoms with van der Waals surface area (Å²) in [5, 5.41) is 2.16.